The molecule has 2 atom stereocenters. The highest BCUT2D eigenvalue weighted by Gasteiger charge is 2.39. The first-order valence-corrected chi connectivity index (χ1v) is 7.21. The molecular weight excluding hydrogens is 332 g/mol. The second-order valence-corrected chi connectivity index (χ2v) is 5.78. The number of anilines is 1. The van der Waals surface area contributed by atoms with Crippen LogP contribution in [0.25, 0.3) is 0 Å². The third kappa shape index (κ3) is 2.62. The van der Waals surface area contributed by atoms with Gasteiger partial charge in [0.1, 0.15) is 12.1 Å². The second kappa shape index (κ2) is 5.51. The van der Waals surface area contributed by atoms with Crippen molar-refractivity contribution in [2.24, 2.45) is 0 Å². The molecule has 4 nitrogen and oxygen atoms in total. The molecule has 1 aromatic carbocycles. The number of hydrogen-bond acceptors (Lipinski definition) is 2. The molecule has 2 amide bonds. The first-order chi connectivity index (χ1) is 8.95. The van der Waals surface area contributed by atoms with Gasteiger partial charge < -0.3 is 5.32 Å². The number of halogens is 2. The summed E-state index contributed by atoms with van der Waals surface area (Å²) in [5, 5.41) is 3.13. The minimum atomic E-state index is -0.537. The maximum Gasteiger partial charge on any atom is 0.250 e. The standard InChI is InChI=1S/C13H14BrClN2O2/c1-3-10-12(18)16-7(2)13(19)17(10)11-6-8(14)4-5-9(11)15/h4-7,10H,3H2,1-2H3,(H,16,18). The summed E-state index contributed by atoms with van der Waals surface area (Å²) in [6.07, 6.45) is 0.535. The van der Waals surface area contributed by atoms with Crippen LogP contribution >= 0.6 is 27.5 Å². The normalized spacial score (nSPS) is 23.5. The number of amides is 2. The summed E-state index contributed by atoms with van der Waals surface area (Å²) in [6.45, 7) is 3.54. The summed E-state index contributed by atoms with van der Waals surface area (Å²) < 4.78 is 0.813. The van der Waals surface area contributed by atoms with E-state index in [1.165, 1.54) is 4.90 Å². The Balaban J connectivity index is 2.51. The largest absolute Gasteiger partial charge is 0.343 e. The molecular formula is C13H14BrClN2O2. The van der Waals surface area contributed by atoms with Crippen LogP contribution in [0.1, 0.15) is 20.3 Å². The quantitative estimate of drug-likeness (QED) is 0.896. The van der Waals surface area contributed by atoms with Crippen molar-refractivity contribution in [2.75, 3.05) is 4.90 Å². The molecule has 1 saturated heterocycles. The highest BCUT2D eigenvalue weighted by molar-refractivity contribution is 9.10. The van der Waals surface area contributed by atoms with Gasteiger partial charge in [-0.2, -0.15) is 0 Å². The number of hydrogen-bond donors (Lipinski definition) is 1. The Morgan fingerprint density at radius 2 is 2.11 bits per heavy atom. The molecule has 1 aromatic rings. The average molecular weight is 346 g/mol. The predicted octanol–water partition coefficient (Wildman–Crippen LogP) is 2.73. The molecule has 2 rings (SSSR count). The molecule has 0 aromatic heterocycles. The van der Waals surface area contributed by atoms with E-state index in [9.17, 15) is 9.59 Å². The molecule has 2 unspecified atom stereocenters. The van der Waals surface area contributed by atoms with Crippen molar-refractivity contribution in [3.63, 3.8) is 0 Å². The van der Waals surface area contributed by atoms with Crippen molar-refractivity contribution >= 4 is 45.0 Å². The zero-order valence-corrected chi connectivity index (χ0v) is 13.0. The van der Waals surface area contributed by atoms with Crippen LogP contribution in [-0.2, 0) is 9.59 Å². The number of benzene rings is 1. The van der Waals surface area contributed by atoms with Gasteiger partial charge in [0.15, 0.2) is 0 Å². The number of rotatable bonds is 2. The predicted molar refractivity (Wildman–Crippen MR) is 78.3 cm³/mol. The van der Waals surface area contributed by atoms with Gasteiger partial charge in [-0.25, -0.2) is 0 Å². The van der Waals surface area contributed by atoms with E-state index in [-0.39, 0.29) is 11.8 Å². The van der Waals surface area contributed by atoms with Crippen LogP contribution in [-0.4, -0.2) is 23.9 Å². The molecule has 6 heteroatoms. The summed E-state index contributed by atoms with van der Waals surface area (Å²) >= 11 is 9.52. The number of piperazine rings is 1. The van der Waals surface area contributed by atoms with Crippen LogP contribution in [0.4, 0.5) is 5.69 Å². The first kappa shape index (κ1) is 14.3. The van der Waals surface area contributed by atoms with E-state index in [0.717, 1.165) is 4.47 Å². The topological polar surface area (TPSA) is 49.4 Å². The lowest BCUT2D eigenvalue weighted by Gasteiger charge is -2.37. The molecule has 1 aliphatic heterocycles. The van der Waals surface area contributed by atoms with Crippen LogP contribution in [0.15, 0.2) is 22.7 Å². The molecule has 102 valence electrons. The van der Waals surface area contributed by atoms with Crippen molar-refractivity contribution in [3.05, 3.63) is 27.7 Å². The van der Waals surface area contributed by atoms with Crippen LogP contribution in [0, 0.1) is 0 Å². The minimum absolute atomic E-state index is 0.147. The third-order valence-corrected chi connectivity index (χ3v) is 3.95. The molecule has 1 N–H and O–H groups in total. The maximum absolute atomic E-state index is 12.3. The maximum atomic E-state index is 12.3. The van der Waals surface area contributed by atoms with E-state index in [0.29, 0.717) is 17.1 Å². The molecule has 1 aliphatic rings. The fraction of sp³-hybridized carbons (Fsp3) is 0.385. The fourth-order valence-electron chi connectivity index (χ4n) is 2.18. The zero-order chi connectivity index (χ0) is 14.2. The van der Waals surface area contributed by atoms with Gasteiger partial charge >= 0.3 is 0 Å². The minimum Gasteiger partial charge on any atom is -0.343 e. The highest BCUT2D eigenvalue weighted by atomic mass is 79.9. The van der Waals surface area contributed by atoms with E-state index >= 15 is 0 Å². The van der Waals surface area contributed by atoms with E-state index < -0.39 is 12.1 Å². The van der Waals surface area contributed by atoms with Crippen molar-refractivity contribution in [2.45, 2.75) is 32.4 Å². The lowest BCUT2D eigenvalue weighted by atomic mass is 10.0. The Morgan fingerprint density at radius 1 is 1.42 bits per heavy atom. The molecule has 1 fully saturated rings. The molecule has 0 aliphatic carbocycles. The summed E-state index contributed by atoms with van der Waals surface area (Å²) in [4.78, 5) is 25.8. The van der Waals surface area contributed by atoms with E-state index in [1.54, 1.807) is 25.1 Å². The second-order valence-electron chi connectivity index (χ2n) is 4.46. The van der Waals surface area contributed by atoms with E-state index in [2.05, 4.69) is 21.2 Å². The van der Waals surface area contributed by atoms with Gasteiger partial charge in [0.05, 0.1) is 10.7 Å². The van der Waals surface area contributed by atoms with Crippen LogP contribution in [0.5, 0.6) is 0 Å². The molecule has 0 bridgehead atoms. The lowest BCUT2D eigenvalue weighted by molar-refractivity contribution is -0.133. The molecule has 1 heterocycles. The monoisotopic (exact) mass is 344 g/mol. The van der Waals surface area contributed by atoms with Gasteiger partial charge in [0, 0.05) is 4.47 Å². The smallest absolute Gasteiger partial charge is 0.250 e. The molecule has 0 saturated carbocycles. The SMILES string of the molecule is CCC1C(=O)NC(C)C(=O)N1c1cc(Br)ccc1Cl. The number of carbonyl (C=O) groups excluding carboxylic acids is 2. The first-order valence-electron chi connectivity index (χ1n) is 6.04. The van der Waals surface area contributed by atoms with Crippen LogP contribution < -0.4 is 10.2 Å². The van der Waals surface area contributed by atoms with Gasteiger partial charge in [-0.15, -0.1) is 0 Å². The molecule has 0 spiro atoms. The van der Waals surface area contributed by atoms with Crippen LogP contribution in [0.2, 0.25) is 5.02 Å². The Bertz CT molecular complexity index is 535. The fourth-order valence-corrected chi connectivity index (χ4v) is 2.73. The summed E-state index contributed by atoms with van der Waals surface area (Å²) in [6, 6.07) is 4.21. The number of nitrogens with one attached hydrogen (secondary N) is 1. The Morgan fingerprint density at radius 3 is 2.74 bits per heavy atom. The summed E-state index contributed by atoms with van der Waals surface area (Å²) in [7, 11) is 0. The van der Waals surface area contributed by atoms with Gasteiger partial charge in [-0.3, -0.25) is 14.5 Å². The van der Waals surface area contributed by atoms with Gasteiger partial charge in [0.25, 0.3) is 0 Å². The zero-order valence-electron chi connectivity index (χ0n) is 10.6. The van der Waals surface area contributed by atoms with Crippen molar-refractivity contribution in [1.29, 1.82) is 0 Å². The van der Waals surface area contributed by atoms with Crippen molar-refractivity contribution in [1.82, 2.24) is 5.32 Å². The summed E-state index contributed by atoms with van der Waals surface area (Å²) in [5.41, 5.74) is 0.564. The third-order valence-electron chi connectivity index (χ3n) is 3.14. The van der Waals surface area contributed by atoms with Gasteiger partial charge in [-0.05, 0) is 31.5 Å². The Hall–Kier alpha value is -1.07. The number of nitrogens with zero attached hydrogens (tertiary/aromatic N) is 1. The van der Waals surface area contributed by atoms with Crippen LogP contribution in [0.3, 0.4) is 0 Å². The summed E-state index contributed by atoms with van der Waals surface area (Å²) in [5.74, 6) is -0.294. The Kier molecular flexibility index (Phi) is 4.16. The average Bonchev–Trinajstić information content (AvgIpc) is 2.36. The lowest BCUT2D eigenvalue weighted by Crippen LogP contribution is -2.62. The van der Waals surface area contributed by atoms with Gasteiger partial charge in [0.2, 0.25) is 11.8 Å². The number of carbonyl (C=O) groups is 2. The van der Waals surface area contributed by atoms with Gasteiger partial charge in [-0.1, -0.05) is 34.5 Å². The van der Waals surface area contributed by atoms with Crippen molar-refractivity contribution in [3.8, 4) is 0 Å². The molecule has 19 heavy (non-hydrogen) atoms. The highest BCUT2D eigenvalue weighted by Crippen LogP contribution is 2.32. The van der Waals surface area contributed by atoms with Crippen molar-refractivity contribution < 1.29 is 9.59 Å². The van der Waals surface area contributed by atoms with E-state index in [1.807, 2.05) is 6.92 Å². The molecule has 0 radical (unpaired) electrons. The Labute approximate surface area is 125 Å². The van der Waals surface area contributed by atoms with E-state index in [4.69, 9.17) is 11.6 Å².